The first-order chi connectivity index (χ1) is 29.6. The predicted molar refractivity (Wildman–Crippen MR) is 233 cm³/mol. The zero-order chi connectivity index (χ0) is 43.4. The molecule has 61 heavy (non-hydrogen) atoms. The third kappa shape index (κ3) is 7.59. The number of hydrogen-bond donors (Lipinski definition) is 2. The SMILES string of the molecule is CC/C=C\C/C=C\C/C=C\CCCCCCCC(=O)O[C@]12[C@H]3[C@@H](OC(=O)c4ccccc4)[C@@](O)(C[C@H]3[C@@]34C(OC)CC[C@@]5(COC)CN(CC)[C@@H]3[C@@H]1[C@H](OC)[C@H]54)[C@@H](OC)[C@@H]2O. The van der Waals surface area contributed by atoms with Crippen molar-refractivity contribution >= 4 is 11.9 Å². The number of methoxy groups -OCH3 is 4. The van der Waals surface area contributed by atoms with Crippen LogP contribution in [0.2, 0.25) is 0 Å². The van der Waals surface area contributed by atoms with Crippen molar-refractivity contribution < 1.29 is 48.2 Å². The van der Waals surface area contributed by atoms with E-state index in [0.717, 1.165) is 70.8 Å². The molecular formula is C50H73NO10. The molecule has 1 aliphatic heterocycles. The number of piperidine rings is 1. The molecular weight excluding hydrogens is 775 g/mol. The van der Waals surface area contributed by atoms with Crippen molar-refractivity contribution in [1.29, 1.82) is 0 Å². The molecule has 338 valence electrons. The van der Waals surface area contributed by atoms with E-state index in [4.69, 9.17) is 28.4 Å². The maximum atomic E-state index is 14.5. The van der Waals surface area contributed by atoms with E-state index in [9.17, 15) is 19.8 Å². The Bertz CT molecular complexity index is 1730. The van der Waals surface area contributed by atoms with Crippen molar-refractivity contribution in [2.24, 2.45) is 34.5 Å². The molecule has 1 heterocycles. The topological polar surface area (TPSA) is 133 Å². The van der Waals surface area contributed by atoms with Gasteiger partial charge in [-0.3, -0.25) is 9.69 Å². The number of unbranched alkanes of at least 4 members (excludes halogenated alkanes) is 5. The summed E-state index contributed by atoms with van der Waals surface area (Å²) in [5.74, 6) is -2.84. The van der Waals surface area contributed by atoms with Gasteiger partial charge in [0.2, 0.25) is 0 Å². The summed E-state index contributed by atoms with van der Waals surface area (Å²) in [5.41, 5.74) is -4.01. The highest BCUT2D eigenvalue weighted by Gasteiger charge is 2.91. The summed E-state index contributed by atoms with van der Waals surface area (Å²) in [6.45, 7) is 6.26. The van der Waals surface area contributed by atoms with Gasteiger partial charge in [0.15, 0.2) is 5.60 Å². The van der Waals surface area contributed by atoms with Gasteiger partial charge in [-0.1, -0.05) is 87.8 Å². The largest absolute Gasteiger partial charge is 0.455 e. The number of nitrogens with zero attached hydrogens (tertiary/aromatic N) is 1. The summed E-state index contributed by atoms with van der Waals surface area (Å²) in [7, 11) is 6.71. The molecule has 6 fully saturated rings. The molecule has 1 aromatic rings. The monoisotopic (exact) mass is 848 g/mol. The number of ether oxygens (including phenoxy) is 6. The van der Waals surface area contributed by atoms with Crippen LogP contribution in [-0.4, -0.2) is 123 Å². The van der Waals surface area contributed by atoms with E-state index in [1.165, 1.54) is 7.11 Å². The highest BCUT2D eigenvalue weighted by molar-refractivity contribution is 5.89. The highest BCUT2D eigenvalue weighted by Crippen LogP contribution is 2.80. The molecule has 0 aromatic heterocycles. The van der Waals surface area contributed by atoms with Crippen LogP contribution in [0.4, 0.5) is 0 Å². The van der Waals surface area contributed by atoms with Crippen molar-refractivity contribution in [3.8, 4) is 0 Å². The van der Waals surface area contributed by atoms with E-state index in [0.29, 0.717) is 25.1 Å². The molecule has 7 rings (SSSR count). The fourth-order valence-corrected chi connectivity index (χ4v) is 14.2. The van der Waals surface area contributed by atoms with E-state index < -0.39 is 70.7 Å². The quantitative estimate of drug-likeness (QED) is 0.0695. The normalized spacial score (nSPS) is 39.7. The van der Waals surface area contributed by atoms with Gasteiger partial charge in [-0.05, 0) is 82.4 Å². The summed E-state index contributed by atoms with van der Waals surface area (Å²) < 4.78 is 39.0. The molecule has 5 aliphatic carbocycles. The Morgan fingerprint density at radius 3 is 2.23 bits per heavy atom. The zero-order valence-electron chi connectivity index (χ0n) is 37.5. The molecule has 6 aliphatic rings. The van der Waals surface area contributed by atoms with Crippen LogP contribution in [0.3, 0.4) is 0 Å². The van der Waals surface area contributed by atoms with Crippen LogP contribution < -0.4 is 0 Å². The van der Waals surface area contributed by atoms with Gasteiger partial charge >= 0.3 is 11.9 Å². The van der Waals surface area contributed by atoms with Crippen molar-refractivity contribution in [3.05, 3.63) is 72.4 Å². The Hall–Kier alpha value is -2.90. The van der Waals surface area contributed by atoms with Gasteiger partial charge in [0.25, 0.3) is 0 Å². The number of hydrogen-bond acceptors (Lipinski definition) is 11. The number of carbonyl (C=O) groups is 2. The second kappa shape index (κ2) is 19.5. The van der Waals surface area contributed by atoms with Crippen molar-refractivity contribution in [2.75, 3.05) is 48.1 Å². The number of benzene rings is 1. The van der Waals surface area contributed by atoms with E-state index in [1.54, 1.807) is 45.6 Å². The fraction of sp³-hybridized carbons (Fsp3) is 0.720. The average Bonchev–Trinajstić information content (AvgIpc) is 3.64. The highest BCUT2D eigenvalue weighted by atomic mass is 16.6. The molecule has 11 heteroatoms. The molecule has 14 atom stereocenters. The van der Waals surface area contributed by atoms with E-state index in [2.05, 4.69) is 55.2 Å². The summed E-state index contributed by atoms with van der Waals surface area (Å²) in [5, 5.41) is 26.1. The fourth-order valence-electron chi connectivity index (χ4n) is 14.2. The average molecular weight is 848 g/mol. The first-order valence-electron chi connectivity index (χ1n) is 23.3. The Morgan fingerprint density at radius 1 is 0.852 bits per heavy atom. The van der Waals surface area contributed by atoms with Gasteiger partial charge < -0.3 is 38.6 Å². The van der Waals surface area contributed by atoms with Gasteiger partial charge in [-0.25, -0.2) is 4.79 Å². The summed E-state index contributed by atoms with van der Waals surface area (Å²) in [6.07, 6.45) is 19.5. The van der Waals surface area contributed by atoms with Gasteiger partial charge in [0, 0.05) is 76.0 Å². The molecule has 1 aromatic carbocycles. The number of esters is 2. The first kappa shape index (κ1) is 46.1. The zero-order valence-corrected chi connectivity index (χ0v) is 37.5. The molecule has 1 saturated heterocycles. The Balaban J connectivity index is 1.19. The maximum absolute atomic E-state index is 14.5. The van der Waals surface area contributed by atoms with Crippen molar-refractivity contribution in [1.82, 2.24) is 4.90 Å². The predicted octanol–water partition coefficient (Wildman–Crippen LogP) is 7.25. The van der Waals surface area contributed by atoms with Gasteiger partial charge in [0.05, 0.1) is 24.4 Å². The lowest BCUT2D eigenvalue weighted by Crippen LogP contribution is -2.81. The Morgan fingerprint density at radius 2 is 1.56 bits per heavy atom. The standard InChI is InChI=1S/C50H73NO10/c1-7-9-10-11-12-13-14-15-16-17-18-19-20-21-25-28-37(52)61-50-38-35(31-48(55,45(59-6)43(50)53)44(38)60-46(54)34-26-23-22-24-27-34)49-36(57-4)29-30-47(33-56-3)32-51(8-2)42(49)39(50)40(58-5)41(47)49/h9-10,12-13,15-16,22-24,26-27,35-36,38-45,53,55H,7-8,11,14,17-21,25,28-33H2,1-6H3/b10-9-,13-12-,16-15-/t35-,36?,38-,39+,40+,41-,42-,43+,44-,45+,47+,48+,49+,50-/m1/s1. The lowest BCUT2D eigenvalue weighted by molar-refractivity contribution is -0.318. The van der Waals surface area contributed by atoms with Crippen LogP contribution in [0.5, 0.6) is 0 Å². The van der Waals surface area contributed by atoms with Crippen LogP contribution in [0, 0.1) is 34.5 Å². The van der Waals surface area contributed by atoms with Crippen molar-refractivity contribution in [3.63, 3.8) is 0 Å². The van der Waals surface area contributed by atoms with Crippen LogP contribution >= 0.6 is 0 Å². The maximum Gasteiger partial charge on any atom is 0.338 e. The molecule has 7 bridgehead atoms. The number of allylic oxidation sites excluding steroid dienone is 6. The molecule has 0 amide bonds. The van der Waals surface area contributed by atoms with Gasteiger partial charge in [0.1, 0.15) is 23.9 Å². The first-order valence-corrected chi connectivity index (χ1v) is 23.3. The number of rotatable bonds is 22. The third-order valence-electron chi connectivity index (χ3n) is 16.0. The molecule has 0 radical (unpaired) electrons. The molecule has 1 unspecified atom stereocenters. The summed E-state index contributed by atoms with van der Waals surface area (Å²) >= 11 is 0. The Kier molecular flexibility index (Phi) is 14.7. The number of carbonyl (C=O) groups excluding carboxylic acids is 2. The lowest BCUT2D eigenvalue weighted by atomic mass is 9.43. The number of aliphatic hydroxyl groups excluding tert-OH is 1. The Labute approximate surface area is 364 Å². The molecule has 1 spiro atoms. The molecule has 5 saturated carbocycles. The minimum atomic E-state index is -1.78. The van der Waals surface area contributed by atoms with Gasteiger partial charge in [-0.15, -0.1) is 0 Å². The van der Waals surface area contributed by atoms with E-state index in [1.807, 2.05) is 6.07 Å². The number of aliphatic hydroxyl groups is 2. The minimum absolute atomic E-state index is 0.118. The van der Waals surface area contributed by atoms with E-state index in [-0.39, 0.29) is 36.3 Å². The van der Waals surface area contributed by atoms with E-state index >= 15 is 0 Å². The second-order valence-corrected chi connectivity index (χ2v) is 18.8. The third-order valence-corrected chi connectivity index (χ3v) is 16.0. The van der Waals surface area contributed by atoms with Crippen molar-refractivity contribution in [2.45, 2.75) is 145 Å². The van der Waals surface area contributed by atoms with Crippen LogP contribution in [0.15, 0.2) is 66.8 Å². The van der Waals surface area contributed by atoms with Crippen LogP contribution in [-0.2, 0) is 33.2 Å². The molecule has 2 N–H and O–H groups in total. The van der Waals surface area contributed by atoms with Crippen LogP contribution in [0.1, 0.15) is 108 Å². The van der Waals surface area contributed by atoms with Crippen LogP contribution in [0.25, 0.3) is 0 Å². The minimum Gasteiger partial charge on any atom is -0.455 e. The summed E-state index contributed by atoms with van der Waals surface area (Å²) in [4.78, 5) is 31.1. The second-order valence-electron chi connectivity index (χ2n) is 18.8. The number of likely N-dealkylation sites (tertiary alicyclic amines) is 1. The van der Waals surface area contributed by atoms with Gasteiger partial charge in [-0.2, -0.15) is 0 Å². The number of fused-ring (bicyclic) bond motifs is 2. The summed E-state index contributed by atoms with van der Waals surface area (Å²) in [6, 6.07) is 8.52. The molecule has 11 nitrogen and oxygen atoms in total. The smallest absolute Gasteiger partial charge is 0.338 e. The lowest BCUT2D eigenvalue weighted by Gasteiger charge is -2.69.